The molecule has 5 aliphatic rings. The Kier molecular flexibility index (Phi) is 15.9. The van der Waals surface area contributed by atoms with Gasteiger partial charge < -0.3 is 15.0 Å². The average Bonchev–Trinajstić information content (AvgIpc) is 3.49. The summed E-state index contributed by atoms with van der Waals surface area (Å²) in [7, 11) is 0. The summed E-state index contributed by atoms with van der Waals surface area (Å²) >= 11 is 0. The lowest BCUT2D eigenvalue weighted by Crippen LogP contribution is -2.55. The number of hydrogen-bond acceptors (Lipinski definition) is 5. The maximum Gasteiger partial charge on any atom is 0.333 e. The lowest BCUT2D eigenvalue weighted by atomic mass is 9.44. The minimum Gasteiger partial charge on any atom is -0.390 e. The van der Waals surface area contributed by atoms with E-state index in [9.17, 15) is 19.2 Å². The van der Waals surface area contributed by atoms with Crippen LogP contribution < -0.4 is 5.32 Å². The van der Waals surface area contributed by atoms with Crippen LogP contribution >= 0.6 is 0 Å². The molecule has 1 saturated heterocycles. The molecule has 4 unspecified atom stereocenters. The summed E-state index contributed by atoms with van der Waals surface area (Å²) in [6.45, 7) is 9.56. The summed E-state index contributed by atoms with van der Waals surface area (Å²) in [4.78, 5) is 50.6. The number of ether oxygens (including phenoxy) is 1. The molecule has 4 saturated carbocycles. The molecule has 300 valence electrons. The number of amides is 2. The highest BCUT2D eigenvalue weighted by Gasteiger charge is 2.60. The summed E-state index contributed by atoms with van der Waals surface area (Å²) < 4.78 is 4.60. The number of rotatable bonds is 20. The zero-order valence-corrected chi connectivity index (χ0v) is 34.3. The second-order valence-electron chi connectivity index (χ2n) is 18.9. The molecule has 1 N–H and O–H groups in total. The quantitative estimate of drug-likeness (QED) is 0.0581. The van der Waals surface area contributed by atoms with E-state index in [1.807, 2.05) is 0 Å². The predicted molar refractivity (Wildman–Crippen MR) is 213 cm³/mol. The molecule has 0 spiro atoms. The molecular weight excluding hydrogens is 661 g/mol. The zero-order valence-electron chi connectivity index (χ0n) is 34.3. The average molecular weight is 737 g/mol. The molecule has 0 aromatic rings. The number of nitrogens with zero attached hydrogens (tertiary/aromatic N) is 1. The van der Waals surface area contributed by atoms with E-state index in [-0.39, 0.29) is 24.9 Å². The van der Waals surface area contributed by atoms with Gasteiger partial charge in [0.1, 0.15) is 13.1 Å². The van der Waals surface area contributed by atoms with Crippen molar-refractivity contribution >= 4 is 23.8 Å². The maximum absolute atomic E-state index is 13.0. The van der Waals surface area contributed by atoms with E-state index in [1.165, 1.54) is 127 Å². The van der Waals surface area contributed by atoms with Crippen molar-refractivity contribution in [1.82, 2.24) is 10.2 Å². The van der Waals surface area contributed by atoms with E-state index in [1.54, 1.807) is 0 Å². The third kappa shape index (κ3) is 11.0. The molecule has 53 heavy (non-hydrogen) atoms. The molecule has 5 rings (SSSR count). The van der Waals surface area contributed by atoms with E-state index in [0.29, 0.717) is 47.5 Å². The first kappa shape index (κ1) is 42.0. The van der Waals surface area contributed by atoms with Gasteiger partial charge in [-0.3, -0.25) is 9.59 Å². The lowest BCUT2D eigenvalue weighted by molar-refractivity contribution is -0.170. The van der Waals surface area contributed by atoms with Crippen LogP contribution in [0.15, 0.2) is 12.2 Å². The molecule has 7 heteroatoms. The summed E-state index contributed by atoms with van der Waals surface area (Å²) in [6, 6.07) is 0.349. The van der Waals surface area contributed by atoms with Gasteiger partial charge in [0.25, 0.3) is 0 Å². The number of unbranched alkanes of at least 4 members (excludes halogenated alkanes) is 11. The van der Waals surface area contributed by atoms with Gasteiger partial charge in [0.2, 0.25) is 11.8 Å². The highest BCUT2D eigenvalue weighted by molar-refractivity contribution is 5.95. The summed E-state index contributed by atoms with van der Waals surface area (Å²) in [5, 5.41) is 3.48. The third-order valence-electron chi connectivity index (χ3n) is 15.5. The summed E-state index contributed by atoms with van der Waals surface area (Å²) in [6.07, 6.45) is 34.6. The van der Waals surface area contributed by atoms with Crippen LogP contribution in [0, 0.1) is 46.3 Å². The molecule has 1 aliphatic heterocycles. The second-order valence-corrected chi connectivity index (χ2v) is 18.9. The van der Waals surface area contributed by atoms with Crippen molar-refractivity contribution in [2.45, 2.75) is 194 Å². The summed E-state index contributed by atoms with van der Waals surface area (Å²) in [5.74, 6) is 3.04. The number of carbonyl (C=O) groups is 4. The normalized spacial score (nSPS) is 33.2. The Balaban J connectivity index is 0.973. The predicted octanol–water partition coefficient (Wildman–Crippen LogP) is 10.5. The number of nitrogens with one attached hydrogen (secondary N) is 1. The van der Waals surface area contributed by atoms with Gasteiger partial charge in [-0.1, -0.05) is 91.2 Å². The van der Waals surface area contributed by atoms with Crippen LogP contribution in [0.1, 0.15) is 188 Å². The van der Waals surface area contributed by atoms with Crippen molar-refractivity contribution in [1.29, 1.82) is 0 Å². The van der Waals surface area contributed by atoms with E-state index >= 15 is 0 Å². The first-order valence-corrected chi connectivity index (χ1v) is 22.5. The van der Waals surface area contributed by atoms with Crippen LogP contribution in [-0.2, 0) is 23.9 Å². The highest BCUT2D eigenvalue weighted by atomic mass is 16.6. The van der Waals surface area contributed by atoms with Crippen molar-refractivity contribution in [3.05, 3.63) is 12.2 Å². The van der Waals surface area contributed by atoms with Crippen molar-refractivity contribution in [2.75, 3.05) is 13.1 Å². The minimum atomic E-state index is -0.628. The number of esters is 2. The first-order valence-electron chi connectivity index (χ1n) is 22.5. The molecule has 5 fully saturated rings. The Morgan fingerprint density at radius 2 is 1.40 bits per heavy atom. The monoisotopic (exact) mass is 737 g/mol. The third-order valence-corrected chi connectivity index (χ3v) is 15.5. The van der Waals surface area contributed by atoms with Gasteiger partial charge in [-0.2, -0.15) is 0 Å². The SMILES string of the molecule is CCCCCCCC/C=C\CCCCCCCC(=O)N[C@H]1CC[C@@]2(C)C(CCC3C2CC[C@@]2(C)C3CC[C@@H]2[C@H](C)CCC(=O)N2CC(=O)OC(=O)C2)C1. The minimum absolute atomic E-state index is 0.105. The van der Waals surface area contributed by atoms with E-state index in [4.69, 9.17) is 0 Å². The van der Waals surface area contributed by atoms with Gasteiger partial charge in [-0.25, -0.2) is 9.59 Å². The Morgan fingerprint density at radius 1 is 0.774 bits per heavy atom. The Labute approximate surface area is 323 Å². The van der Waals surface area contributed by atoms with Crippen LogP contribution in [0.3, 0.4) is 0 Å². The fourth-order valence-corrected chi connectivity index (χ4v) is 12.5. The highest BCUT2D eigenvalue weighted by Crippen LogP contribution is 2.68. The standard InChI is InChI=1S/C46H76N2O5/c1-5-6-7-8-9-10-11-12-13-14-15-16-17-18-19-20-41(49)47-36-27-29-45(3)35(31-36)22-23-37-39-25-24-38(46(39,4)30-28-40(37)45)34(2)21-26-42(50)48-32-43(51)53-44(52)33-48/h12-13,34-40H,5-11,14-33H2,1-4H3,(H,47,49)/b13-12-/t34-,35?,36+,37?,38-,39?,40?,45+,46-/m1/s1. The Bertz CT molecular complexity index is 1230. The van der Waals surface area contributed by atoms with Crippen LogP contribution in [0.25, 0.3) is 0 Å². The van der Waals surface area contributed by atoms with E-state index < -0.39 is 11.9 Å². The number of allylic oxidation sites excluding steroid dienone is 2. The molecule has 0 aromatic heterocycles. The van der Waals surface area contributed by atoms with Crippen molar-refractivity contribution in [3.63, 3.8) is 0 Å². The maximum atomic E-state index is 13.0. The molecule has 0 radical (unpaired) electrons. The van der Waals surface area contributed by atoms with Crippen molar-refractivity contribution in [2.24, 2.45) is 46.3 Å². The van der Waals surface area contributed by atoms with Crippen LogP contribution in [-0.4, -0.2) is 47.8 Å². The fraction of sp³-hybridized carbons (Fsp3) is 0.870. The largest absolute Gasteiger partial charge is 0.390 e. The molecule has 0 aromatic carbocycles. The molecule has 1 heterocycles. The first-order chi connectivity index (χ1) is 25.5. The molecular formula is C46H76N2O5. The van der Waals surface area contributed by atoms with Crippen molar-refractivity contribution < 1.29 is 23.9 Å². The van der Waals surface area contributed by atoms with Crippen LogP contribution in [0.4, 0.5) is 0 Å². The molecule has 9 atom stereocenters. The van der Waals surface area contributed by atoms with Gasteiger partial charge >= 0.3 is 11.9 Å². The second kappa shape index (κ2) is 20.1. The molecule has 0 bridgehead atoms. The lowest BCUT2D eigenvalue weighted by Gasteiger charge is -2.61. The number of carbonyl (C=O) groups excluding carboxylic acids is 4. The zero-order chi connectivity index (χ0) is 37.8. The topological polar surface area (TPSA) is 92.8 Å². The van der Waals surface area contributed by atoms with Crippen LogP contribution in [0.5, 0.6) is 0 Å². The number of morpholine rings is 1. The molecule has 4 aliphatic carbocycles. The Hall–Kier alpha value is -2.18. The van der Waals surface area contributed by atoms with Gasteiger partial charge in [-0.15, -0.1) is 0 Å². The van der Waals surface area contributed by atoms with E-state index in [2.05, 4.69) is 49.9 Å². The van der Waals surface area contributed by atoms with E-state index in [0.717, 1.165) is 43.4 Å². The number of hydrogen-bond donors (Lipinski definition) is 1. The molecule has 2 amide bonds. The smallest absolute Gasteiger partial charge is 0.333 e. The van der Waals surface area contributed by atoms with Gasteiger partial charge in [0, 0.05) is 18.9 Å². The number of cyclic esters (lactones) is 2. The van der Waals surface area contributed by atoms with Crippen LogP contribution in [0.2, 0.25) is 0 Å². The van der Waals surface area contributed by atoms with Gasteiger partial charge in [-0.05, 0) is 143 Å². The Morgan fingerprint density at radius 3 is 2.09 bits per heavy atom. The van der Waals surface area contributed by atoms with Crippen molar-refractivity contribution in [3.8, 4) is 0 Å². The number of fused-ring (bicyclic) bond motifs is 5. The summed E-state index contributed by atoms with van der Waals surface area (Å²) in [5.41, 5.74) is 0.713. The van der Waals surface area contributed by atoms with Gasteiger partial charge in [0.15, 0.2) is 0 Å². The fourth-order valence-electron chi connectivity index (χ4n) is 12.5. The molecule has 7 nitrogen and oxygen atoms in total. The van der Waals surface area contributed by atoms with Gasteiger partial charge in [0.05, 0.1) is 0 Å².